The lowest BCUT2D eigenvalue weighted by Crippen LogP contribution is -2.81. The maximum atomic E-state index is 13.4. The highest BCUT2D eigenvalue weighted by molar-refractivity contribution is 5.24. The van der Waals surface area contributed by atoms with Gasteiger partial charge in [0.05, 0.1) is 0 Å². The number of halogens is 9. The Morgan fingerprint density at radius 2 is 0.778 bits per heavy atom. The largest absolute Gasteiger partial charge is 0.376 e. The summed E-state index contributed by atoms with van der Waals surface area (Å²) in [5, 5.41) is 0. The third-order valence-electron chi connectivity index (χ3n) is 3.54. The minimum absolute atomic E-state index is 0.0754. The zero-order chi connectivity index (χ0) is 15.0. The molecular formula is C9H9F9. The molecule has 1 aliphatic carbocycles. The van der Waals surface area contributed by atoms with Crippen LogP contribution in [0.4, 0.5) is 39.5 Å². The maximum Gasteiger partial charge on any atom is 0.376 e. The predicted molar refractivity (Wildman–Crippen MR) is 43.1 cm³/mol. The van der Waals surface area contributed by atoms with E-state index in [2.05, 4.69) is 0 Å². The molecule has 108 valence electrons. The van der Waals surface area contributed by atoms with Gasteiger partial charge in [0.25, 0.3) is 5.92 Å². The summed E-state index contributed by atoms with van der Waals surface area (Å²) in [6, 6.07) is 0. The van der Waals surface area contributed by atoms with Crippen molar-refractivity contribution < 1.29 is 39.5 Å². The van der Waals surface area contributed by atoms with Crippen LogP contribution in [0.25, 0.3) is 0 Å². The number of hydrogen-bond acceptors (Lipinski definition) is 0. The van der Waals surface area contributed by atoms with Gasteiger partial charge in [-0.25, -0.2) is 13.2 Å². The van der Waals surface area contributed by atoms with E-state index in [4.69, 9.17) is 0 Å². The first-order valence-electron chi connectivity index (χ1n) is 4.70. The van der Waals surface area contributed by atoms with Gasteiger partial charge in [0, 0.05) is 0 Å². The van der Waals surface area contributed by atoms with Gasteiger partial charge in [0.2, 0.25) is 5.67 Å². The highest BCUT2D eigenvalue weighted by atomic mass is 19.4. The first-order valence-corrected chi connectivity index (χ1v) is 4.70. The molecule has 0 heterocycles. The van der Waals surface area contributed by atoms with Gasteiger partial charge in [-0.1, -0.05) is 0 Å². The van der Waals surface area contributed by atoms with Crippen LogP contribution in [0.3, 0.4) is 0 Å². The Hall–Kier alpha value is -0.630. The van der Waals surface area contributed by atoms with Gasteiger partial charge in [-0.15, -0.1) is 0 Å². The molecule has 18 heavy (non-hydrogen) atoms. The minimum atomic E-state index is -6.23. The Morgan fingerprint density at radius 1 is 0.444 bits per heavy atom. The molecule has 9 heteroatoms. The molecule has 1 atom stereocenters. The van der Waals surface area contributed by atoms with Crippen molar-refractivity contribution in [3.8, 4) is 0 Å². The fourth-order valence-electron chi connectivity index (χ4n) is 1.87. The fraction of sp³-hybridized carbons (Fsp3) is 1.00. The Balaban J connectivity index is 3.72. The Kier molecular flexibility index (Phi) is 2.65. The van der Waals surface area contributed by atoms with E-state index in [1.165, 1.54) is 0 Å². The fourth-order valence-corrected chi connectivity index (χ4v) is 1.87. The van der Waals surface area contributed by atoms with Crippen LogP contribution in [-0.2, 0) is 0 Å². The molecule has 0 aromatic heterocycles. The Bertz CT molecular complexity index is 249. The van der Waals surface area contributed by atoms with Gasteiger partial charge >= 0.3 is 17.8 Å². The summed E-state index contributed by atoms with van der Waals surface area (Å²) >= 11 is 0. The standard InChI is InChI=1S/C9H9F9/c1-4(2)6(11,12)5(3,10)8(15,16)9(17,18)7(4,13)14/h1-3H3. The molecule has 0 nitrogen and oxygen atoms in total. The summed E-state index contributed by atoms with van der Waals surface area (Å²) < 4.78 is 119. The van der Waals surface area contributed by atoms with E-state index in [-0.39, 0.29) is 13.8 Å². The van der Waals surface area contributed by atoms with Gasteiger partial charge in [-0.2, -0.15) is 26.3 Å². The molecule has 0 radical (unpaired) electrons. The van der Waals surface area contributed by atoms with Crippen molar-refractivity contribution in [2.75, 3.05) is 0 Å². The summed E-state index contributed by atoms with van der Waals surface area (Å²) in [5.41, 5.74) is -9.08. The second-order valence-corrected chi connectivity index (χ2v) is 4.93. The topological polar surface area (TPSA) is 0 Å². The molecule has 1 saturated carbocycles. The Morgan fingerprint density at radius 3 is 1.11 bits per heavy atom. The number of alkyl halides is 9. The molecule has 0 amide bonds. The summed E-state index contributed by atoms with van der Waals surface area (Å²) in [6.07, 6.45) is 0. The molecule has 1 aliphatic rings. The Labute approximate surface area is 96.1 Å². The molecule has 0 N–H and O–H groups in total. The van der Waals surface area contributed by atoms with Crippen LogP contribution < -0.4 is 0 Å². The number of hydrogen-bond donors (Lipinski definition) is 0. The van der Waals surface area contributed by atoms with E-state index < -0.39 is 41.7 Å². The van der Waals surface area contributed by atoms with Crippen LogP contribution in [0.5, 0.6) is 0 Å². The van der Waals surface area contributed by atoms with Crippen molar-refractivity contribution in [1.82, 2.24) is 0 Å². The highest BCUT2D eigenvalue weighted by Gasteiger charge is 2.94. The number of rotatable bonds is 0. The van der Waals surface area contributed by atoms with Crippen molar-refractivity contribution in [2.45, 2.75) is 50.1 Å². The second-order valence-electron chi connectivity index (χ2n) is 4.93. The lowest BCUT2D eigenvalue weighted by atomic mass is 9.61. The van der Waals surface area contributed by atoms with Gasteiger partial charge in [0.1, 0.15) is 5.41 Å². The summed E-state index contributed by atoms with van der Waals surface area (Å²) in [4.78, 5) is 0. The average molecular weight is 288 g/mol. The molecular weight excluding hydrogens is 279 g/mol. The van der Waals surface area contributed by atoms with Crippen molar-refractivity contribution in [3.63, 3.8) is 0 Å². The van der Waals surface area contributed by atoms with Crippen molar-refractivity contribution in [3.05, 3.63) is 0 Å². The average Bonchev–Trinajstić information content (AvgIpc) is 2.14. The zero-order valence-electron chi connectivity index (χ0n) is 9.40. The van der Waals surface area contributed by atoms with Crippen LogP contribution in [0.1, 0.15) is 20.8 Å². The minimum Gasteiger partial charge on any atom is -0.230 e. The van der Waals surface area contributed by atoms with E-state index in [1.54, 1.807) is 0 Å². The van der Waals surface area contributed by atoms with Crippen LogP contribution in [0.2, 0.25) is 0 Å². The van der Waals surface area contributed by atoms with E-state index in [1.807, 2.05) is 0 Å². The molecule has 0 saturated heterocycles. The van der Waals surface area contributed by atoms with Crippen molar-refractivity contribution in [1.29, 1.82) is 0 Å². The molecule has 0 spiro atoms. The molecule has 0 aliphatic heterocycles. The third kappa shape index (κ3) is 1.11. The van der Waals surface area contributed by atoms with E-state index in [9.17, 15) is 39.5 Å². The van der Waals surface area contributed by atoms with Crippen LogP contribution in [0.15, 0.2) is 0 Å². The van der Waals surface area contributed by atoms with E-state index >= 15 is 0 Å². The van der Waals surface area contributed by atoms with Gasteiger partial charge in [0.15, 0.2) is 0 Å². The molecule has 0 aromatic carbocycles. The second kappa shape index (κ2) is 3.09. The van der Waals surface area contributed by atoms with E-state index in [0.29, 0.717) is 0 Å². The normalized spacial score (nSPS) is 39.3. The first-order chi connectivity index (χ1) is 7.50. The summed E-state index contributed by atoms with van der Waals surface area (Å²) in [5.74, 6) is -23.6. The van der Waals surface area contributed by atoms with Crippen molar-refractivity contribution in [2.24, 2.45) is 5.41 Å². The van der Waals surface area contributed by atoms with Gasteiger partial charge in [-0.3, -0.25) is 0 Å². The summed E-state index contributed by atoms with van der Waals surface area (Å²) in [7, 11) is 0. The lowest BCUT2D eigenvalue weighted by Gasteiger charge is -2.55. The first kappa shape index (κ1) is 15.4. The lowest BCUT2D eigenvalue weighted by molar-refractivity contribution is -0.454. The molecule has 1 fully saturated rings. The van der Waals surface area contributed by atoms with Crippen LogP contribution in [0, 0.1) is 5.41 Å². The van der Waals surface area contributed by atoms with Crippen molar-refractivity contribution >= 4 is 0 Å². The molecule has 1 rings (SSSR count). The SMILES string of the molecule is CC1(C)C(F)(F)C(C)(F)C(F)(F)C(F)(F)C1(F)F. The summed E-state index contributed by atoms with van der Waals surface area (Å²) in [6.45, 7) is -0.653. The third-order valence-corrected chi connectivity index (χ3v) is 3.54. The molecule has 1 unspecified atom stereocenters. The zero-order valence-corrected chi connectivity index (χ0v) is 9.40. The van der Waals surface area contributed by atoms with Gasteiger partial charge in [-0.05, 0) is 20.8 Å². The molecule has 0 bridgehead atoms. The predicted octanol–water partition coefficient (Wildman–Crippen LogP) is 4.30. The van der Waals surface area contributed by atoms with Gasteiger partial charge < -0.3 is 0 Å². The van der Waals surface area contributed by atoms with Crippen LogP contribution >= 0.6 is 0 Å². The van der Waals surface area contributed by atoms with E-state index in [0.717, 1.165) is 0 Å². The highest BCUT2D eigenvalue weighted by Crippen LogP contribution is 2.70. The van der Waals surface area contributed by atoms with Crippen LogP contribution in [-0.4, -0.2) is 29.4 Å². The quantitative estimate of drug-likeness (QED) is 0.583. The molecule has 0 aromatic rings. The monoisotopic (exact) mass is 288 g/mol. The maximum absolute atomic E-state index is 13.4. The smallest absolute Gasteiger partial charge is 0.230 e.